The number of carbonyl (C=O) groups is 2. The van der Waals surface area contributed by atoms with Crippen molar-refractivity contribution in [2.75, 3.05) is 13.2 Å². The first kappa shape index (κ1) is 9.90. The van der Waals surface area contributed by atoms with E-state index in [9.17, 15) is 9.59 Å². The Balaban J connectivity index is 2.13. The minimum atomic E-state index is -1.06. The number of aliphatic carboxylic acids is 1. The lowest BCUT2D eigenvalue weighted by molar-refractivity contribution is -0.460. The monoisotopic (exact) mass is 191 g/mol. The second-order valence-electron chi connectivity index (χ2n) is 2.25. The molecule has 0 bridgehead atoms. The molecule has 0 saturated carbocycles. The molecule has 1 heterocycles. The summed E-state index contributed by atoms with van der Waals surface area (Å²) >= 11 is 0. The van der Waals surface area contributed by atoms with Crippen LogP contribution in [0.1, 0.15) is 12.8 Å². The quantitative estimate of drug-likeness (QED) is 0.640. The molecule has 7 heteroatoms. The highest BCUT2D eigenvalue weighted by molar-refractivity contribution is 5.76. The lowest BCUT2D eigenvalue weighted by Crippen LogP contribution is -2.22. The number of rotatable bonds is 4. The molecule has 1 aliphatic heterocycles. The van der Waals surface area contributed by atoms with E-state index in [1.807, 2.05) is 0 Å². The molecule has 1 saturated heterocycles. The van der Waals surface area contributed by atoms with Gasteiger partial charge in [0, 0.05) is 0 Å². The summed E-state index contributed by atoms with van der Waals surface area (Å²) in [6.07, 6.45) is -0.481. The number of carboxylic acid groups (broad SMARTS) is 1. The molecule has 0 aromatic carbocycles. The Morgan fingerprint density at radius 3 is 2.46 bits per heavy atom. The molecule has 13 heavy (non-hydrogen) atoms. The maximum Gasteiger partial charge on any atom is 0.331 e. The van der Waals surface area contributed by atoms with Gasteiger partial charge in [0.1, 0.15) is 18.6 Å². The van der Waals surface area contributed by atoms with Crippen molar-refractivity contribution >= 4 is 11.9 Å². The van der Waals surface area contributed by atoms with Crippen molar-refractivity contribution < 1.29 is 29.2 Å². The van der Waals surface area contributed by atoms with Gasteiger partial charge >= 0.3 is 11.9 Å². The van der Waals surface area contributed by atoms with Gasteiger partial charge in [-0.25, -0.2) is 9.68 Å². The van der Waals surface area contributed by atoms with Crippen molar-refractivity contribution in [3.05, 3.63) is 0 Å². The summed E-state index contributed by atoms with van der Waals surface area (Å²) in [5, 5.41) is 8.83. The molecule has 1 N–H and O–H groups in total. The SMILES string of the molecule is O=C(O)CCC(=O)ON1OCCO1. The average Bonchev–Trinajstić information content (AvgIpc) is 2.53. The zero-order valence-electron chi connectivity index (χ0n) is 6.76. The molecule has 1 rings (SSSR count). The zero-order chi connectivity index (χ0) is 9.68. The van der Waals surface area contributed by atoms with Crippen molar-refractivity contribution in [3.8, 4) is 0 Å². The first-order valence-electron chi connectivity index (χ1n) is 3.67. The van der Waals surface area contributed by atoms with Gasteiger partial charge in [0.25, 0.3) is 0 Å². The molecule has 7 nitrogen and oxygen atoms in total. The summed E-state index contributed by atoms with van der Waals surface area (Å²) < 4.78 is 0. The molecule has 0 amide bonds. The predicted molar refractivity (Wildman–Crippen MR) is 36.7 cm³/mol. The summed E-state index contributed by atoms with van der Waals surface area (Å²) in [5.74, 6) is -1.76. The van der Waals surface area contributed by atoms with E-state index in [1.165, 1.54) is 0 Å². The highest BCUT2D eigenvalue weighted by Gasteiger charge is 2.19. The average molecular weight is 191 g/mol. The Morgan fingerprint density at radius 1 is 1.31 bits per heavy atom. The number of carboxylic acids is 1. The molecule has 0 radical (unpaired) electrons. The highest BCUT2D eigenvalue weighted by atomic mass is 17.2. The maximum absolute atomic E-state index is 10.8. The molecule has 0 unspecified atom stereocenters. The minimum Gasteiger partial charge on any atom is -0.481 e. The Bertz CT molecular complexity index is 199. The van der Waals surface area contributed by atoms with Crippen LogP contribution in [0.25, 0.3) is 0 Å². The summed E-state index contributed by atoms with van der Waals surface area (Å²) in [7, 11) is 0. The van der Waals surface area contributed by atoms with Gasteiger partial charge in [-0.15, -0.1) is 0 Å². The fraction of sp³-hybridized carbons (Fsp3) is 0.667. The van der Waals surface area contributed by atoms with Gasteiger partial charge in [-0.2, -0.15) is 0 Å². The predicted octanol–water partition coefficient (Wildman–Crippen LogP) is -0.512. The molecule has 0 spiro atoms. The van der Waals surface area contributed by atoms with Crippen LogP contribution in [0.15, 0.2) is 0 Å². The van der Waals surface area contributed by atoms with Gasteiger partial charge in [0.15, 0.2) is 0 Å². The largest absolute Gasteiger partial charge is 0.481 e. The third-order valence-electron chi connectivity index (χ3n) is 1.20. The number of hydrogen-bond acceptors (Lipinski definition) is 6. The van der Waals surface area contributed by atoms with Crippen LogP contribution in [0.5, 0.6) is 0 Å². The van der Waals surface area contributed by atoms with E-state index in [1.54, 1.807) is 0 Å². The van der Waals surface area contributed by atoms with Crippen molar-refractivity contribution in [1.82, 2.24) is 5.39 Å². The van der Waals surface area contributed by atoms with Gasteiger partial charge < -0.3 is 9.94 Å². The van der Waals surface area contributed by atoms with E-state index in [4.69, 9.17) is 5.11 Å². The summed E-state index contributed by atoms with van der Waals surface area (Å²) in [6.45, 7) is 0.623. The molecule has 1 aliphatic rings. The van der Waals surface area contributed by atoms with Gasteiger partial charge in [-0.05, 0) is 0 Å². The molecule has 0 aromatic rings. The maximum atomic E-state index is 10.8. The smallest absolute Gasteiger partial charge is 0.331 e. The lowest BCUT2D eigenvalue weighted by Gasteiger charge is -2.09. The number of hydrogen-bond donors (Lipinski definition) is 1. The third kappa shape index (κ3) is 3.83. The topological polar surface area (TPSA) is 85.3 Å². The standard InChI is InChI=1S/C6H9NO6/c8-5(9)1-2-6(10)13-7-11-3-4-12-7/h1-4H2,(H,8,9). The van der Waals surface area contributed by atoms with E-state index in [0.29, 0.717) is 18.6 Å². The van der Waals surface area contributed by atoms with Crippen molar-refractivity contribution in [1.29, 1.82) is 0 Å². The minimum absolute atomic E-state index is 0.210. The van der Waals surface area contributed by atoms with E-state index >= 15 is 0 Å². The van der Waals surface area contributed by atoms with Gasteiger partial charge in [-0.3, -0.25) is 9.59 Å². The second-order valence-corrected chi connectivity index (χ2v) is 2.25. The van der Waals surface area contributed by atoms with Crippen LogP contribution in [-0.2, 0) is 24.1 Å². The van der Waals surface area contributed by atoms with E-state index < -0.39 is 11.9 Å². The lowest BCUT2D eigenvalue weighted by atomic mass is 10.3. The van der Waals surface area contributed by atoms with Crippen LogP contribution >= 0.6 is 0 Å². The van der Waals surface area contributed by atoms with Crippen molar-refractivity contribution in [3.63, 3.8) is 0 Å². The normalized spacial score (nSPS) is 17.2. The molecular weight excluding hydrogens is 182 g/mol. The van der Waals surface area contributed by atoms with Crippen molar-refractivity contribution in [2.24, 2.45) is 0 Å². The fourth-order valence-electron chi connectivity index (χ4n) is 0.651. The van der Waals surface area contributed by atoms with Crippen LogP contribution in [0.2, 0.25) is 0 Å². The highest BCUT2D eigenvalue weighted by Crippen LogP contribution is 2.04. The number of carbonyl (C=O) groups excluding carboxylic acids is 1. The van der Waals surface area contributed by atoms with E-state index in [-0.39, 0.29) is 12.8 Å². The molecule has 0 aromatic heterocycles. The molecular formula is C6H9NO6. The zero-order valence-corrected chi connectivity index (χ0v) is 6.76. The van der Waals surface area contributed by atoms with Crippen LogP contribution in [0, 0.1) is 0 Å². The summed E-state index contributed by atoms with van der Waals surface area (Å²) in [5.41, 5.74) is 0. The Hall–Kier alpha value is -1.18. The van der Waals surface area contributed by atoms with Crippen LogP contribution in [0.3, 0.4) is 0 Å². The van der Waals surface area contributed by atoms with Crippen molar-refractivity contribution in [2.45, 2.75) is 12.8 Å². The summed E-state index contributed by atoms with van der Waals surface area (Å²) in [6, 6.07) is 0. The number of nitrogens with zero attached hydrogens (tertiary/aromatic N) is 1. The van der Waals surface area contributed by atoms with Crippen LogP contribution in [0.4, 0.5) is 0 Å². The van der Waals surface area contributed by atoms with E-state index in [0.717, 1.165) is 0 Å². The second kappa shape index (κ2) is 4.75. The molecule has 0 atom stereocenters. The van der Waals surface area contributed by atoms with Gasteiger partial charge in [-0.1, -0.05) is 0 Å². The molecule has 0 aliphatic carbocycles. The summed E-state index contributed by atoms with van der Waals surface area (Å²) in [4.78, 5) is 34.6. The van der Waals surface area contributed by atoms with Crippen LogP contribution in [-0.4, -0.2) is 35.6 Å². The first-order valence-corrected chi connectivity index (χ1v) is 3.67. The van der Waals surface area contributed by atoms with E-state index in [2.05, 4.69) is 14.5 Å². The van der Waals surface area contributed by atoms with Gasteiger partial charge in [0.2, 0.25) is 0 Å². The van der Waals surface area contributed by atoms with Gasteiger partial charge in [0.05, 0.1) is 12.8 Å². The Labute approximate surface area is 73.6 Å². The van der Waals surface area contributed by atoms with Crippen LogP contribution < -0.4 is 0 Å². The molecule has 74 valence electrons. The fourth-order valence-corrected chi connectivity index (χ4v) is 0.651. The Kier molecular flexibility index (Phi) is 3.62. The first-order chi connectivity index (χ1) is 6.18. The third-order valence-corrected chi connectivity index (χ3v) is 1.20. The molecule has 1 fully saturated rings. The Morgan fingerprint density at radius 2 is 1.92 bits per heavy atom.